The summed E-state index contributed by atoms with van der Waals surface area (Å²) in [4.78, 5) is 30.2. The molecule has 1 N–H and O–H groups in total. The minimum atomic E-state index is -0.529. The van der Waals surface area contributed by atoms with E-state index in [0.29, 0.717) is 13.1 Å². The lowest BCUT2D eigenvalue weighted by atomic mass is 10.0. The summed E-state index contributed by atoms with van der Waals surface area (Å²) < 4.78 is 5.26. The van der Waals surface area contributed by atoms with Crippen molar-refractivity contribution in [2.24, 2.45) is 0 Å². The Morgan fingerprint density at radius 2 is 2.20 bits per heavy atom. The molecular weight excluding hydrogens is 318 g/mol. The molecule has 1 atom stereocenters. The molecule has 1 fully saturated rings. The molecule has 1 aromatic heterocycles. The summed E-state index contributed by atoms with van der Waals surface area (Å²) in [6.07, 6.45) is 9.21. The van der Waals surface area contributed by atoms with Crippen molar-refractivity contribution in [3.8, 4) is 0 Å². The monoisotopic (exact) mass is 345 g/mol. The van der Waals surface area contributed by atoms with Gasteiger partial charge in [-0.15, -0.1) is 0 Å². The van der Waals surface area contributed by atoms with Gasteiger partial charge in [-0.05, 0) is 57.7 Å². The van der Waals surface area contributed by atoms with Gasteiger partial charge in [-0.25, -0.2) is 4.79 Å². The molecule has 0 aliphatic carbocycles. The Bertz CT molecular complexity index is 608. The number of carbonyl (C=O) groups excluding carboxylic acids is 2. The molecule has 0 spiro atoms. The first kappa shape index (κ1) is 19.0. The van der Waals surface area contributed by atoms with Crippen molar-refractivity contribution in [1.29, 1.82) is 0 Å². The lowest BCUT2D eigenvalue weighted by molar-refractivity contribution is -0.129. The highest BCUT2D eigenvalue weighted by molar-refractivity contribution is 5.92. The van der Waals surface area contributed by atoms with E-state index in [2.05, 4.69) is 10.3 Å². The van der Waals surface area contributed by atoms with Crippen molar-refractivity contribution >= 4 is 18.1 Å². The van der Waals surface area contributed by atoms with Crippen LogP contribution in [0.3, 0.4) is 0 Å². The number of nitrogens with zero attached hydrogens (tertiary/aromatic N) is 2. The molecule has 0 aromatic carbocycles. The first-order valence-electron chi connectivity index (χ1n) is 8.71. The number of ether oxygens (including phenoxy) is 1. The summed E-state index contributed by atoms with van der Waals surface area (Å²) in [5.41, 5.74) is 0.356. The number of hydrogen-bond donors (Lipinski definition) is 1. The fourth-order valence-electron chi connectivity index (χ4n) is 2.76. The van der Waals surface area contributed by atoms with Gasteiger partial charge in [0.25, 0.3) is 0 Å². The molecule has 1 aliphatic rings. The van der Waals surface area contributed by atoms with Crippen LogP contribution >= 0.6 is 0 Å². The molecule has 2 rings (SSSR count). The Morgan fingerprint density at radius 3 is 2.88 bits per heavy atom. The number of likely N-dealkylation sites (tertiary alicyclic amines) is 1. The van der Waals surface area contributed by atoms with E-state index >= 15 is 0 Å². The number of rotatable bonds is 4. The van der Waals surface area contributed by atoms with Gasteiger partial charge < -0.3 is 15.0 Å². The van der Waals surface area contributed by atoms with Crippen molar-refractivity contribution < 1.29 is 14.3 Å². The van der Waals surface area contributed by atoms with Crippen LogP contribution in [0.15, 0.2) is 30.6 Å². The standard InChI is InChI=1S/C19H27N3O3/c1-19(2,3)25-18(24)21-14-16-8-4-5-12-22(16)17(23)10-9-15-7-6-11-20-13-15/h6-7,9-11,13,16H,4-5,8,12,14H2,1-3H3,(H,21,24)/b10-9-/t16-/m1/s1. The van der Waals surface area contributed by atoms with Crippen LogP contribution < -0.4 is 5.32 Å². The van der Waals surface area contributed by atoms with Crippen LogP contribution in [0.2, 0.25) is 0 Å². The SMILES string of the molecule is CC(C)(C)OC(=O)NC[C@H]1CCCCN1C(=O)/C=C\c1cccnc1. The molecule has 6 nitrogen and oxygen atoms in total. The fraction of sp³-hybridized carbons (Fsp3) is 0.526. The number of amides is 2. The quantitative estimate of drug-likeness (QED) is 0.852. The Balaban J connectivity index is 1.92. The molecule has 2 amide bonds. The minimum Gasteiger partial charge on any atom is -0.444 e. The smallest absolute Gasteiger partial charge is 0.407 e. The van der Waals surface area contributed by atoms with Gasteiger partial charge >= 0.3 is 6.09 Å². The van der Waals surface area contributed by atoms with Crippen molar-refractivity contribution in [2.75, 3.05) is 13.1 Å². The van der Waals surface area contributed by atoms with Gasteiger partial charge in [0.1, 0.15) is 5.60 Å². The summed E-state index contributed by atoms with van der Waals surface area (Å²) in [5.74, 6) is -0.0421. The second-order valence-corrected chi connectivity index (χ2v) is 7.18. The van der Waals surface area contributed by atoms with E-state index in [9.17, 15) is 9.59 Å². The van der Waals surface area contributed by atoms with E-state index < -0.39 is 11.7 Å². The number of alkyl carbamates (subject to hydrolysis) is 1. The summed E-state index contributed by atoms with van der Waals surface area (Å²) in [5, 5.41) is 2.78. The summed E-state index contributed by atoms with van der Waals surface area (Å²) >= 11 is 0. The van der Waals surface area contributed by atoms with E-state index in [0.717, 1.165) is 24.8 Å². The van der Waals surface area contributed by atoms with Gasteiger partial charge in [-0.2, -0.15) is 0 Å². The number of piperidine rings is 1. The van der Waals surface area contributed by atoms with Crippen LogP contribution in [-0.4, -0.2) is 46.6 Å². The molecule has 1 aliphatic heterocycles. The zero-order valence-electron chi connectivity index (χ0n) is 15.2. The van der Waals surface area contributed by atoms with Crippen molar-refractivity contribution in [3.05, 3.63) is 36.2 Å². The van der Waals surface area contributed by atoms with Gasteiger partial charge in [-0.3, -0.25) is 9.78 Å². The number of hydrogen-bond acceptors (Lipinski definition) is 4. The van der Waals surface area contributed by atoms with Crippen molar-refractivity contribution in [2.45, 2.75) is 51.7 Å². The molecule has 1 saturated heterocycles. The van der Waals surface area contributed by atoms with Crippen molar-refractivity contribution in [1.82, 2.24) is 15.2 Å². The largest absolute Gasteiger partial charge is 0.444 e. The fourth-order valence-corrected chi connectivity index (χ4v) is 2.76. The molecule has 2 heterocycles. The third-order valence-electron chi connectivity index (χ3n) is 3.89. The third-order valence-corrected chi connectivity index (χ3v) is 3.89. The maximum Gasteiger partial charge on any atom is 0.407 e. The van der Waals surface area contributed by atoms with Crippen LogP contribution in [0.1, 0.15) is 45.6 Å². The molecule has 25 heavy (non-hydrogen) atoms. The van der Waals surface area contributed by atoms with Crippen LogP contribution in [0.25, 0.3) is 6.08 Å². The molecule has 1 aromatic rings. The topological polar surface area (TPSA) is 71.5 Å². The maximum absolute atomic E-state index is 12.5. The van der Waals surface area contributed by atoms with Gasteiger partial charge in [0.2, 0.25) is 5.91 Å². The first-order chi connectivity index (χ1) is 11.8. The molecule has 0 unspecified atom stereocenters. The average Bonchev–Trinajstić information content (AvgIpc) is 2.57. The van der Waals surface area contributed by atoms with Crippen molar-refractivity contribution in [3.63, 3.8) is 0 Å². The van der Waals surface area contributed by atoms with Gasteiger partial charge in [-0.1, -0.05) is 6.07 Å². The lowest BCUT2D eigenvalue weighted by Gasteiger charge is -2.35. The zero-order valence-corrected chi connectivity index (χ0v) is 15.2. The summed E-state index contributed by atoms with van der Waals surface area (Å²) in [6, 6.07) is 3.72. The van der Waals surface area contributed by atoms with E-state index in [-0.39, 0.29) is 11.9 Å². The van der Waals surface area contributed by atoms with E-state index in [1.165, 1.54) is 0 Å². The number of carbonyl (C=O) groups is 2. The van der Waals surface area contributed by atoms with Crippen LogP contribution in [-0.2, 0) is 9.53 Å². The number of nitrogens with one attached hydrogen (secondary N) is 1. The highest BCUT2D eigenvalue weighted by atomic mass is 16.6. The zero-order chi connectivity index (χ0) is 18.3. The van der Waals surface area contributed by atoms with Gasteiger partial charge in [0.15, 0.2) is 0 Å². The summed E-state index contributed by atoms with van der Waals surface area (Å²) in [7, 11) is 0. The molecular formula is C19H27N3O3. The lowest BCUT2D eigenvalue weighted by Crippen LogP contribution is -2.49. The predicted octanol–water partition coefficient (Wildman–Crippen LogP) is 3.00. The molecule has 0 saturated carbocycles. The maximum atomic E-state index is 12.5. The van der Waals surface area contributed by atoms with Gasteiger partial charge in [0, 0.05) is 37.6 Å². The van der Waals surface area contributed by atoms with E-state index in [1.54, 1.807) is 24.5 Å². The van der Waals surface area contributed by atoms with Crippen LogP contribution in [0.4, 0.5) is 4.79 Å². The first-order valence-corrected chi connectivity index (χ1v) is 8.71. The van der Waals surface area contributed by atoms with E-state index in [1.807, 2.05) is 37.8 Å². The Labute approximate surface area is 149 Å². The third kappa shape index (κ3) is 6.57. The minimum absolute atomic E-state index is 0.00711. The van der Waals surface area contributed by atoms with E-state index in [4.69, 9.17) is 4.74 Å². The van der Waals surface area contributed by atoms with Crippen LogP contribution in [0, 0.1) is 0 Å². The summed E-state index contributed by atoms with van der Waals surface area (Å²) in [6.45, 7) is 6.59. The Hall–Kier alpha value is -2.37. The highest BCUT2D eigenvalue weighted by Crippen LogP contribution is 2.17. The second-order valence-electron chi connectivity index (χ2n) is 7.18. The van der Waals surface area contributed by atoms with Crippen LogP contribution in [0.5, 0.6) is 0 Å². The van der Waals surface area contributed by atoms with Gasteiger partial charge in [0.05, 0.1) is 0 Å². The molecule has 136 valence electrons. The Morgan fingerprint density at radius 1 is 1.40 bits per heavy atom. The second kappa shape index (κ2) is 8.65. The molecule has 6 heteroatoms. The predicted molar refractivity (Wildman–Crippen MR) is 96.9 cm³/mol. The highest BCUT2D eigenvalue weighted by Gasteiger charge is 2.26. The Kier molecular flexibility index (Phi) is 6.56. The number of aromatic nitrogens is 1. The average molecular weight is 345 g/mol. The number of pyridine rings is 1. The molecule has 0 radical (unpaired) electrons. The normalized spacial score (nSPS) is 18.2. The molecule has 0 bridgehead atoms.